The van der Waals surface area contributed by atoms with Crippen molar-refractivity contribution in [1.82, 2.24) is 20.1 Å². The van der Waals surface area contributed by atoms with Crippen LogP contribution in [0.5, 0.6) is 0 Å². The van der Waals surface area contributed by atoms with Crippen molar-refractivity contribution in [2.45, 2.75) is 45.9 Å². The lowest BCUT2D eigenvalue weighted by atomic mass is 10.1. The molecule has 0 bridgehead atoms. The highest BCUT2D eigenvalue weighted by Gasteiger charge is 2.20. The minimum Gasteiger partial charge on any atom is -0.349 e. The molecular weight excluding hydrogens is 365 g/mol. The molecular formula is C19H28FN5OS. The van der Waals surface area contributed by atoms with Gasteiger partial charge in [-0.05, 0) is 42.3 Å². The molecule has 0 aliphatic carbocycles. The minimum absolute atomic E-state index is 0.0512. The van der Waals surface area contributed by atoms with E-state index in [1.54, 1.807) is 12.1 Å². The van der Waals surface area contributed by atoms with Gasteiger partial charge in [-0.1, -0.05) is 38.4 Å². The number of carbonyl (C=O) groups excluding carboxylic acids is 1. The lowest BCUT2D eigenvalue weighted by Crippen LogP contribution is -2.28. The fourth-order valence-corrected chi connectivity index (χ4v) is 3.19. The molecule has 1 unspecified atom stereocenters. The van der Waals surface area contributed by atoms with E-state index in [2.05, 4.69) is 15.4 Å². The van der Waals surface area contributed by atoms with Crippen LogP contribution in [-0.2, 0) is 6.42 Å². The van der Waals surface area contributed by atoms with Crippen molar-refractivity contribution >= 4 is 21.9 Å². The second-order valence-electron chi connectivity index (χ2n) is 7.19. The number of hydrogen-bond donors (Lipinski definition) is 2. The van der Waals surface area contributed by atoms with E-state index < -0.39 is 16.5 Å². The summed E-state index contributed by atoms with van der Waals surface area (Å²) in [4.78, 5) is 17.4. The average Bonchev–Trinajstić information content (AvgIpc) is 3.01. The van der Waals surface area contributed by atoms with Gasteiger partial charge in [0.2, 0.25) is 5.82 Å². The summed E-state index contributed by atoms with van der Waals surface area (Å²) in [6.45, 7) is 10.5. The summed E-state index contributed by atoms with van der Waals surface area (Å²) in [6, 6.07) is 4.83. The molecule has 1 aromatic carbocycles. The van der Waals surface area contributed by atoms with E-state index in [0.717, 1.165) is 0 Å². The Morgan fingerprint density at radius 2 is 2.04 bits per heavy atom. The minimum atomic E-state index is -0.614. The summed E-state index contributed by atoms with van der Waals surface area (Å²) >= 11 is 0. The highest BCUT2D eigenvalue weighted by molar-refractivity contribution is 8.13. The number of amides is 1. The van der Waals surface area contributed by atoms with E-state index in [0.29, 0.717) is 29.6 Å². The number of aromatic nitrogens is 3. The van der Waals surface area contributed by atoms with E-state index in [1.807, 2.05) is 40.0 Å². The fourth-order valence-electron chi connectivity index (χ4n) is 2.45. The maximum atomic E-state index is 14.8. The van der Waals surface area contributed by atoms with Crippen LogP contribution >= 0.6 is 10.7 Å². The molecule has 0 saturated carbocycles. The first kappa shape index (κ1) is 21.2. The molecule has 0 radical (unpaired) electrons. The smallest absolute Gasteiger partial charge is 0.290 e. The van der Waals surface area contributed by atoms with Crippen LogP contribution in [0.15, 0.2) is 23.1 Å². The topological polar surface area (TPSA) is 85.8 Å². The van der Waals surface area contributed by atoms with E-state index in [-0.39, 0.29) is 23.3 Å². The number of nitrogens with one attached hydrogen (secondary N) is 1. The zero-order valence-corrected chi connectivity index (χ0v) is 17.3. The summed E-state index contributed by atoms with van der Waals surface area (Å²) in [5.41, 5.74) is 0.262. The monoisotopic (exact) mass is 393 g/mol. The Bertz CT molecular complexity index is 845. The van der Waals surface area contributed by atoms with Gasteiger partial charge in [0.1, 0.15) is 17.3 Å². The Morgan fingerprint density at radius 1 is 1.33 bits per heavy atom. The predicted molar refractivity (Wildman–Crippen MR) is 109 cm³/mol. The molecule has 148 valence electrons. The number of hydrogen-bond acceptors (Lipinski definition) is 4. The standard InChI is InChI=1S/C19H28FN5OS/c1-6-27(21)14-7-8-16(15(20)10-14)25-17(9-12(2)3)23-18(24-25)19(26)22-11-13(4)5/h6-8,10,12-13H,9,11,21H2,1-5H3,(H,22,26). The number of rotatable bonds is 7. The third-order valence-corrected chi connectivity index (χ3v) is 5.12. The molecule has 0 fully saturated rings. The van der Waals surface area contributed by atoms with Gasteiger partial charge in [0, 0.05) is 17.9 Å². The number of nitrogens with two attached hydrogens (primary N) is 1. The first-order chi connectivity index (χ1) is 12.7. The molecule has 0 aliphatic rings. The Labute approximate surface area is 162 Å². The zero-order chi connectivity index (χ0) is 20.1. The highest BCUT2D eigenvalue weighted by Crippen LogP contribution is 2.24. The summed E-state index contributed by atoms with van der Waals surface area (Å²) in [5, 5.41) is 14.9. The molecule has 0 spiro atoms. The van der Waals surface area contributed by atoms with Crippen molar-refractivity contribution in [2.75, 3.05) is 6.54 Å². The molecule has 2 aromatic rings. The first-order valence-electron chi connectivity index (χ1n) is 9.04. The van der Waals surface area contributed by atoms with Crippen molar-refractivity contribution in [3.05, 3.63) is 35.7 Å². The second kappa shape index (κ2) is 9.23. The van der Waals surface area contributed by atoms with Crippen LogP contribution in [0.25, 0.3) is 5.69 Å². The highest BCUT2D eigenvalue weighted by atomic mass is 32.2. The average molecular weight is 394 g/mol. The van der Waals surface area contributed by atoms with Crippen LogP contribution in [0.4, 0.5) is 4.39 Å². The largest absolute Gasteiger partial charge is 0.349 e. The SMILES string of the molecule is C/C=S(\N)c1ccc(-n2nc(C(=O)NCC(C)C)nc2CC(C)C)c(F)c1. The number of carbonyl (C=O) groups is 1. The molecule has 8 heteroatoms. The van der Waals surface area contributed by atoms with Gasteiger partial charge in [0.05, 0.1) is 0 Å². The predicted octanol–water partition coefficient (Wildman–Crippen LogP) is 3.31. The van der Waals surface area contributed by atoms with Crippen LogP contribution in [0.2, 0.25) is 0 Å². The summed E-state index contributed by atoms with van der Waals surface area (Å²) < 4.78 is 16.2. The maximum Gasteiger partial charge on any atom is 0.290 e. The van der Waals surface area contributed by atoms with Crippen LogP contribution in [-0.4, -0.2) is 32.6 Å². The van der Waals surface area contributed by atoms with Gasteiger partial charge in [0.15, 0.2) is 0 Å². The fraction of sp³-hybridized carbons (Fsp3) is 0.474. The van der Waals surface area contributed by atoms with Gasteiger partial charge < -0.3 is 5.32 Å². The second-order valence-corrected chi connectivity index (χ2v) is 8.87. The maximum absolute atomic E-state index is 14.8. The Hall–Kier alpha value is -2.06. The molecule has 27 heavy (non-hydrogen) atoms. The molecule has 1 atom stereocenters. The van der Waals surface area contributed by atoms with Gasteiger partial charge >= 0.3 is 0 Å². The third kappa shape index (κ3) is 5.46. The number of benzene rings is 1. The molecule has 2 rings (SSSR count). The molecule has 1 amide bonds. The summed E-state index contributed by atoms with van der Waals surface area (Å²) in [5.74, 6) is 0.410. The van der Waals surface area contributed by atoms with Gasteiger partial charge in [-0.15, -0.1) is 5.10 Å². The van der Waals surface area contributed by atoms with Crippen LogP contribution in [0.3, 0.4) is 0 Å². The molecule has 3 N–H and O–H groups in total. The Morgan fingerprint density at radius 3 is 2.59 bits per heavy atom. The Kier molecular flexibility index (Phi) is 7.26. The first-order valence-corrected chi connectivity index (χ1v) is 10.4. The van der Waals surface area contributed by atoms with E-state index in [9.17, 15) is 9.18 Å². The van der Waals surface area contributed by atoms with E-state index >= 15 is 0 Å². The normalized spacial score (nSPS) is 12.8. The molecule has 6 nitrogen and oxygen atoms in total. The quantitative estimate of drug-likeness (QED) is 0.707. The van der Waals surface area contributed by atoms with Crippen molar-refractivity contribution in [3.8, 4) is 5.69 Å². The van der Waals surface area contributed by atoms with Crippen LogP contribution in [0, 0.1) is 17.7 Å². The Balaban J connectivity index is 2.44. The number of halogens is 1. The van der Waals surface area contributed by atoms with Crippen molar-refractivity contribution in [2.24, 2.45) is 17.0 Å². The van der Waals surface area contributed by atoms with Gasteiger partial charge in [-0.3, -0.25) is 9.93 Å². The van der Waals surface area contributed by atoms with E-state index in [4.69, 9.17) is 5.14 Å². The van der Waals surface area contributed by atoms with Crippen molar-refractivity contribution in [1.29, 1.82) is 0 Å². The van der Waals surface area contributed by atoms with Gasteiger partial charge in [0.25, 0.3) is 5.91 Å². The lowest BCUT2D eigenvalue weighted by Gasteiger charge is -2.10. The molecule has 1 aromatic heterocycles. The van der Waals surface area contributed by atoms with Crippen molar-refractivity contribution in [3.63, 3.8) is 0 Å². The van der Waals surface area contributed by atoms with E-state index in [1.165, 1.54) is 10.7 Å². The molecule has 0 aliphatic heterocycles. The van der Waals surface area contributed by atoms with Gasteiger partial charge in [-0.2, -0.15) is 0 Å². The van der Waals surface area contributed by atoms with Crippen molar-refractivity contribution < 1.29 is 9.18 Å². The number of nitrogens with zero attached hydrogens (tertiary/aromatic N) is 3. The van der Waals surface area contributed by atoms with Crippen LogP contribution in [0.1, 0.15) is 51.1 Å². The summed E-state index contributed by atoms with van der Waals surface area (Å²) in [6.07, 6.45) is 0.579. The van der Waals surface area contributed by atoms with Gasteiger partial charge in [-0.25, -0.2) is 14.1 Å². The lowest BCUT2D eigenvalue weighted by molar-refractivity contribution is 0.0938. The zero-order valence-electron chi connectivity index (χ0n) is 16.5. The summed E-state index contributed by atoms with van der Waals surface area (Å²) in [7, 11) is -0.614. The third-order valence-electron chi connectivity index (χ3n) is 3.81. The van der Waals surface area contributed by atoms with Crippen LogP contribution < -0.4 is 10.5 Å². The molecule has 1 heterocycles. The molecule has 0 saturated heterocycles.